The number of hydrogen-bond acceptors (Lipinski definition) is 7. The molecule has 0 aliphatic carbocycles. The van der Waals surface area contributed by atoms with Gasteiger partial charge in [-0.15, -0.1) is 0 Å². The van der Waals surface area contributed by atoms with Crippen molar-refractivity contribution in [2.24, 2.45) is 4.99 Å². The van der Waals surface area contributed by atoms with Crippen LogP contribution in [0.4, 0.5) is 0 Å². The van der Waals surface area contributed by atoms with E-state index in [-0.39, 0.29) is 5.91 Å². The smallest absolute Gasteiger partial charge is 0.260 e. The molecule has 0 spiro atoms. The second-order valence-corrected chi connectivity index (χ2v) is 9.49. The molecule has 0 atom stereocenters. The summed E-state index contributed by atoms with van der Waals surface area (Å²) in [7, 11) is 1.31. The van der Waals surface area contributed by atoms with Crippen LogP contribution in [0.25, 0.3) is 16.8 Å². The Kier molecular flexibility index (Phi) is 10.3. The molecule has 7 nitrogen and oxygen atoms in total. The van der Waals surface area contributed by atoms with Crippen LogP contribution in [0.1, 0.15) is 31.5 Å². The molecule has 2 aromatic rings. The standard InChI is InChI=1S/C25H27ClIN5O2S/c1-5-18-12-21(20-9-8-19(13-22(20)26)23-15-28-14-16(3)30-23)25(33)32(6-2)24(18)31-17(4)29-10-7-11-34-35-27/h5,8-9,12-15,29H,4,6-7,10-11H2,1-3H3/b18-5-,31-24+. The molecule has 3 rings (SSSR count). The minimum atomic E-state index is -0.165. The average Bonchev–Trinajstić information content (AvgIpc) is 2.84. The van der Waals surface area contributed by atoms with E-state index in [2.05, 4.69) is 48.1 Å². The Bertz CT molecular complexity index is 1200. The van der Waals surface area contributed by atoms with Gasteiger partial charge in [-0.05, 0) is 39.3 Å². The van der Waals surface area contributed by atoms with Crippen molar-refractivity contribution in [2.45, 2.75) is 27.2 Å². The van der Waals surface area contributed by atoms with Crippen molar-refractivity contribution in [3.8, 4) is 11.3 Å². The summed E-state index contributed by atoms with van der Waals surface area (Å²) in [5, 5.41) is 3.65. The van der Waals surface area contributed by atoms with E-state index in [0.29, 0.717) is 47.5 Å². The second kappa shape index (κ2) is 13.2. The Morgan fingerprint density at radius 1 is 1.40 bits per heavy atom. The van der Waals surface area contributed by atoms with Crippen LogP contribution in [0.2, 0.25) is 5.02 Å². The molecule has 1 amide bonds. The van der Waals surface area contributed by atoms with Crippen LogP contribution in [-0.2, 0) is 8.98 Å². The minimum Gasteiger partial charge on any atom is -0.370 e. The van der Waals surface area contributed by atoms with Crippen LogP contribution in [0.3, 0.4) is 0 Å². The first kappa shape index (κ1) is 27.4. The number of allylic oxidation sites excluding steroid dienone is 1. The summed E-state index contributed by atoms with van der Waals surface area (Å²) in [6.07, 6.45) is 7.97. The molecular formula is C25H27ClIN5O2S. The lowest BCUT2D eigenvalue weighted by Gasteiger charge is -2.30. The number of amides is 1. The van der Waals surface area contributed by atoms with E-state index in [0.717, 1.165) is 28.9 Å². The monoisotopic (exact) mass is 623 g/mol. The number of rotatable bonds is 10. The molecule has 1 aromatic carbocycles. The van der Waals surface area contributed by atoms with E-state index in [1.54, 1.807) is 17.3 Å². The zero-order valence-electron chi connectivity index (χ0n) is 19.8. The molecule has 10 heteroatoms. The molecule has 0 saturated heterocycles. The number of benzene rings is 1. The van der Waals surface area contributed by atoms with Crippen molar-refractivity contribution in [1.82, 2.24) is 20.2 Å². The second-order valence-electron chi connectivity index (χ2n) is 7.64. The molecule has 0 radical (unpaired) electrons. The predicted molar refractivity (Wildman–Crippen MR) is 153 cm³/mol. The van der Waals surface area contributed by atoms with Gasteiger partial charge in [0.25, 0.3) is 5.91 Å². The number of carbonyl (C=O) groups is 1. The first-order chi connectivity index (χ1) is 16.9. The van der Waals surface area contributed by atoms with Crippen molar-refractivity contribution in [2.75, 3.05) is 19.7 Å². The first-order valence-electron chi connectivity index (χ1n) is 11.1. The van der Waals surface area contributed by atoms with Gasteiger partial charge in [-0.25, -0.2) is 9.98 Å². The Balaban J connectivity index is 1.89. The topological polar surface area (TPSA) is 79.7 Å². The number of halogens is 2. The maximum atomic E-state index is 13.5. The highest BCUT2D eigenvalue weighted by Gasteiger charge is 2.30. The van der Waals surface area contributed by atoms with Gasteiger partial charge in [0, 0.05) is 67.8 Å². The molecular weight excluding hydrogens is 597 g/mol. The van der Waals surface area contributed by atoms with Gasteiger partial charge in [-0.2, -0.15) is 0 Å². The molecule has 0 saturated carbocycles. The van der Waals surface area contributed by atoms with Crippen molar-refractivity contribution in [1.29, 1.82) is 0 Å². The Hall–Kier alpha value is -2.21. The third kappa shape index (κ3) is 6.93. The third-order valence-corrected chi connectivity index (χ3v) is 6.58. The van der Waals surface area contributed by atoms with Gasteiger partial charge in [0.15, 0.2) is 0 Å². The molecule has 0 unspecified atom stereocenters. The largest absolute Gasteiger partial charge is 0.370 e. The van der Waals surface area contributed by atoms with E-state index in [1.807, 2.05) is 51.1 Å². The summed E-state index contributed by atoms with van der Waals surface area (Å²) in [5.74, 6) is 0.886. The number of nitrogens with zero attached hydrogens (tertiary/aromatic N) is 4. The average molecular weight is 624 g/mol. The van der Waals surface area contributed by atoms with E-state index in [4.69, 9.17) is 15.8 Å². The zero-order chi connectivity index (χ0) is 25.4. The van der Waals surface area contributed by atoms with Crippen LogP contribution in [-0.4, -0.2) is 46.3 Å². The summed E-state index contributed by atoms with van der Waals surface area (Å²) in [5.41, 5.74) is 4.37. The molecule has 35 heavy (non-hydrogen) atoms. The quantitative estimate of drug-likeness (QED) is 0.194. The zero-order valence-corrected chi connectivity index (χ0v) is 23.6. The molecule has 0 bridgehead atoms. The Morgan fingerprint density at radius 3 is 2.86 bits per heavy atom. The summed E-state index contributed by atoms with van der Waals surface area (Å²) < 4.78 is 5.26. The highest BCUT2D eigenvalue weighted by molar-refractivity contribution is 14.2. The Labute approximate surface area is 227 Å². The highest BCUT2D eigenvalue weighted by Crippen LogP contribution is 2.33. The highest BCUT2D eigenvalue weighted by atomic mass is 127. The molecule has 1 aliphatic rings. The van der Waals surface area contributed by atoms with Crippen LogP contribution < -0.4 is 5.32 Å². The van der Waals surface area contributed by atoms with Crippen LogP contribution in [0, 0.1) is 6.92 Å². The van der Waals surface area contributed by atoms with Gasteiger partial charge >= 0.3 is 0 Å². The third-order valence-electron chi connectivity index (χ3n) is 5.25. The molecule has 1 N–H and O–H groups in total. The van der Waals surface area contributed by atoms with E-state index < -0.39 is 0 Å². The minimum absolute atomic E-state index is 0.165. The molecule has 1 aromatic heterocycles. The van der Waals surface area contributed by atoms with Crippen LogP contribution in [0.5, 0.6) is 0 Å². The molecule has 184 valence electrons. The van der Waals surface area contributed by atoms with E-state index >= 15 is 0 Å². The van der Waals surface area contributed by atoms with Crippen LogP contribution in [0.15, 0.2) is 65.7 Å². The number of aliphatic imine (C=N–C) groups is 1. The van der Waals surface area contributed by atoms with E-state index in [1.165, 1.54) is 9.21 Å². The van der Waals surface area contributed by atoms with Gasteiger partial charge in [-0.3, -0.25) is 14.7 Å². The first-order valence-corrected chi connectivity index (χ1v) is 14.8. The van der Waals surface area contributed by atoms with Gasteiger partial charge in [0.1, 0.15) is 11.7 Å². The SMILES string of the molecule is C=C(/N=C1\C(=C/C)C=C(c2ccc(-c3cncc(C)n3)cc2Cl)C(=O)N1CC)NCCCOSI. The van der Waals surface area contributed by atoms with Gasteiger partial charge < -0.3 is 9.50 Å². The fourth-order valence-electron chi connectivity index (χ4n) is 3.56. The lowest BCUT2D eigenvalue weighted by molar-refractivity contribution is -0.121. The molecule has 2 heterocycles. The summed E-state index contributed by atoms with van der Waals surface area (Å²) in [6, 6.07) is 5.57. The van der Waals surface area contributed by atoms with Gasteiger partial charge in [0.05, 0.1) is 33.4 Å². The Morgan fingerprint density at radius 2 is 2.20 bits per heavy atom. The molecule has 1 aliphatic heterocycles. The number of nitrogens with one attached hydrogen (secondary N) is 1. The number of hydrogen-bond donors (Lipinski definition) is 1. The van der Waals surface area contributed by atoms with Crippen molar-refractivity contribution >= 4 is 59.3 Å². The maximum absolute atomic E-state index is 13.5. The number of aryl methyl sites for hydroxylation is 1. The lowest BCUT2D eigenvalue weighted by Crippen LogP contribution is -2.41. The van der Waals surface area contributed by atoms with Crippen LogP contribution >= 0.6 is 42.0 Å². The van der Waals surface area contributed by atoms with Crippen molar-refractivity contribution in [3.63, 3.8) is 0 Å². The number of aromatic nitrogens is 2. The van der Waals surface area contributed by atoms with Crippen molar-refractivity contribution in [3.05, 3.63) is 77.0 Å². The number of likely N-dealkylation sites (N-methyl/N-ethyl adjacent to an activating group) is 1. The number of carbonyl (C=O) groups excluding carboxylic acids is 1. The fourth-order valence-corrected chi connectivity index (χ4v) is 4.56. The predicted octanol–water partition coefficient (Wildman–Crippen LogP) is 6.16. The fraction of sp³-hybridized carbons (Fsp3) is 0.280. The van der Waals surface area contributed by atoms with Crippen molar-refractivity contribution < 1.29 is 8.98 Å². The lowest BCUT2D eigenvalue weighted by atomic mass is 9.95. The summed E-state index contributed by atoms with van der Waals surface area (Å²) in [4.78, 5) is 28.5. The maximum Gasteiger partial charge on any atom is 0.260 e. The van der Waals surface area contributed by atoms with Gasteiger partial charge in [0.2, 0.25) is 0 Å². The summed E-state index contributed by atoms with van der Waals surface area (Å²) >= 11 is 8.76. The number of amidine groups is 1. The normalized spacial score (nSPS) is 16.1. The van der Waals surface area contributed by atoms with Gasteiger partial charge in [-0.1, -0.05) is 36.4 Å². The summed E-state index contributed by atoms with van der Waals surface area (Å²) in [6.45, 7) is 11.5. The van der Waals surface area contributed by atoms with E-state index in [9.17, 15) is 4.79 Å². The molecule has 0 fully saturated rings.